The van der Waals surface area contributed by atoms with Crippen molar-refractivity contribution in [3.8, 4) is 10.8 Å². The van der Waals surface area contributed by atoms with Crippen LogP contribution in [0.5, 0.6) is 0 Å². The van der Waals surface area contributed by atoms with Crippen molar-refractivity contribution < 1.29 is 17.6 Å². The second-order valence-electron chi connectivity index (χ2n) is 6.54. The average Bonchev–Trinajstić information content (AvgIpc) is 3.40. The van der Waals surface area contributed by atoms with Crippen molar-refractivity contribution in [2.24, 2.45) is 0 Å². The summed E-state index contributed by atoms with van der Waals surface area (Å²) in [6, 6.07) is 9.71. The molecule has 3 aromatic rings. The predicted octanol–water partition coefficient (Wildman–Crippen LogP) is 3.13. The molecule has 1 amide bonds. The number of halogens is 1. The number of benzene rings is 1. The first-order chi connectivity index (χ1) is 13.9. The number of hydrogen-bond donors (Lipinski definition) is 0. The molecule has 7 nitrogen and oxygen atoms in total. The summed E-state index contributed by atoms with van der Waals surface area (Å²) in [5.41, 5.74) is 0.683. The summed E-state index contributed by atoms with van der Waals surface area (Å²) < 4.78 is 32.2. The molecule has 3 heterocycles. The highest BCUT2D eigenvalue weighted by Gasteiger charge is 2.30. The van der Waals surface area contributed by atoms with E-state index in [4.69, 9.17) is 16.0 Å². The number of hydrogen-bond acceptors (Lipinski definition) is 6. The summed E-state index contributed by atoms with van der Waals surface area (Å²) in [5.74, 6) is 0.611. The molecule has 1 aliphatic heterocycles. The van der Waals surface area contributed by atoms with E-state index in [1.54, 1.807) is 29.4 Å². The molecule has 152 valence electrons. The van der Waals surface area contributed by atoms with Crippen molar-refractivity contribution in [1.29, 1.82) is 0 Å². The molecule has 0 bridgehead atoms. The zero-order valence-corrected chi connectivity index (χ0v) is 17.7. The van der Waals surface area contributed by atoms with E-state index >= 15 is 0 Å². The van der Waals surface area contributed by atoms with Crippen LogP contribution in [0.1, 0.15) is 5.69 Å². The maximum absolute atomic E-state index is 12.7. The van der Waals surface area contributed by atoms with Gasteiger partial charge in [0.15, 0.2) is 10.8 Å². The first kappa shape index (κ1) is 20.1. The van der Waals surface area contributed by atoms with Crippen LogP contribution >= 0.6 is 22.9 Å². The van der Waals surface area contributed by atoms with E-state index in [1.165, 1.54) is 27.8 Å². The average molecular weight is 452 g/mol. The molecule has 10 heteroatoms. The molecule has 1 saturated heterocycles. The molecule has 29 heavy (non-hydrogen) atoms. The number of carbonyl (C=O) groups is 1. The van der Waals surface area contributed by atoms with Crippen LogP contribution in [0.15, 0.2) is 57.4 Å². The molecule has 0 N–H and O–H groups in total. The van der Waals surface area contributed by atoms with Gasteiger partial charge in [0.25, 0.3) is 0 Å². The Morgan fingerprint density at radius 3 is 2.52 bits per heavy atom. The van der Waals surface area contributed by atoms with Gasteiger partial charge in [0.2, 0.25) is 15.9 Å². The Morgan fingerprint density at radius 1 is 1.14 bits per heavy atom. The fourth-order valence-corrected chi connectivity index (χ4v) is 5.44. The van der Waals surface area contributed by atoms with Gasteiger partial charge in [-0.25, -0.2) is 13.4 Å². The van der Waals surface area contributed by atoms with Gasteiger partial charge in [0, 0.05) is 36.6 Å². The van der Waals surface area contributed by atoms with Crippen LogP contribution in [-0.4, -0.2) is 54.7 Å². The number of aromatic nitrogens is 1. The summed E-state index contributed by atoms with van der Waals surface area (Å²) in [4.78, 5) is 18.9. The lowest BCUT2D eigenvalue weighted by molar-refractivity contribution is -0.131. The van der Waals surface area contributed by atoms with Gasteiger partial charge in [-0.05, 0) is 36.4 Å². The first-order valence-electron chi connectivity index (χ1n) is 8.95. The van der Waals surface area contributed by atoms with Crippen LogP contribution in [-0.2, 0) is 21.2 Å². The number of rotatable bonds is 5. The van der Waals surface area contributed by atoms with Crippen molar-refractivity contribution in [3.05, 3.63) is 58.8 Å². The number of piperazine rings is 1. The van der Waals surface area contributed by atoms with Gasteiger partial charge in [-0.2, -0.15) is 4.31 Å². The third kappa shape index (κ3) is 4.37. The lowest BCUT2D eigenvalue weighted by Crippen LogP contribution is -2.50. The lowest BCUT2D eigenvalue weighted by atomic mass is 10.2. The molecule has 0 radical (unpaired) electrons. The quantitative estimate of drug-likeness (QED) is 0.595. The van der Waals surface area contributed by atoms with Gasteiger partial charge in [-0.15, -0.1) is 11.3 Å². The Kier molecular flexibility index (Phi) is 5.73. The van der Waals surface area contributed by atoms with Crippen molar-refractivity contribution in [3.63, 3.8) is 0 Å². The first-order valence-corrected chi connectivity index (χ1v) is 11.6. The Balaban J connectivity index is 1.35. The number of carbonyl (C=O) groups excluding carboxylic acids is 1. The number of nitrogens with zero attached hydrogens (tertiary/aromatic N) is 3. The van der Waals surface area contributed by atoms with Gasteiger partial charge in [0.1, 0.15) is 0 Å². The van der Waals surface area contributed by atoms with Crippen LogP contribution in [0.25, 0.3) is 10.8 Å². The Morgan fingerprint density at radius 2 is 1.86 bits per heavy atom. The van der Waals surface area contributed by atoms with Gasteiger partial charge in [-0.1, -0.05) is 11.6 Å². The molecule has 0 atom stereocenters. The molecule has 1 aliphatic rings. The summed E-state index contributed by atoms with van der Waals surface area (Å²) in [7, 11) is -3.59. The molecule has 4 rings (SSSR count). The van der Waals surface area contributed by atoms with Crippen molar-refractivity contribution in [1.82, 2.24) is 14.2 Å². The zero-order chi connectivity index (χ0) is 20.4. The Labute approximate surface area is 177 Å². The number of amides is 1. The molecule has 1 aromatic carbocycles. The largest absolute Gasteiger partial charge is 0.462 e. The van der Waals surface area contributed by atoms with Crippen LogP contribution in [0.2, 0.25) is 5.02 Å². The monoisotopic (exact) mass is 451 g/mol. The van der Waals surface area contributed by atoms with E-state index in [0.29, 0.717) is 29.6 Å². The topological polar surface area (TPSA) is 83.7 Å². The molecule has 0 aliphatic carbocycles. The highest BCUT2D eigenvalue weighted by Crippen LogP contribution is 2.25. The van der Waals surface area contributed by atoms with E-state index in [1.807, 2.05) is 11.4 Å². The second-order valence-corrected chi connectivity index (χ2v) is 9.77. The minimum atomic E-state index is -3.59. The lowest BCUT2D eigenvalue weighted by Gasteiger charge is -2.34. The van der Waals surface area contributed by atoms with E-state index < -0.39 is 10.0 Å². The highest BCUT2D eigenvalue weighted by molar-refractivity contribution is 7.89. The smallest absolute Gasteiger partial charge is 0.243 e. The van der Waals surface area contributed by atoms with E-state index in [0.717, 1.165) is 5.01 Å². The summed E-state index contributed by atoms with van der Waals surface area (Å²) in [6.45, 7) is 1.21. The molecule has 1 fully saturated rings. The number of furan rings is 1. The second kappa shape index (κ2) is 8.27. The zero-order valence-electron chi connectivity index (χ0n) is 15.3. The minimum Gasteiger partial charge on any atom is -0.462 e. The maximum Gasteiger partial charge on any atom is 0.243 e. The van der Waals surface area contributed by atoms with Gasteiger partial charge < -0.3 is 9.32 Å². The van der Waals surface area contributed by atoms with Crippen LogP contribution in [0.3, 0.4) is 0 Å². The summed E-state index contributed by atoms with van der Waals surface area (Å²) in [6.07, 6.45) is 1.76. The van der Waals surface area contributed by atoms with E-state index in [-0.39, 0.29) is 30.3 Å². The standard InChI is InChI=1S/C19H18ClN3O4S2/c20-14-3-5-16(6-4-14)29(25,26)23-9-7-22(8-10-23)18(24)12-15-13-28-19(21-15)17-2-1-11-27-17/h1-6,11,13H,7-10,12H2. The predicted molar refractivity (Wildman–Crippen MR) is 110 cm³/mol. The summed E-state index contributed by atoms with van der Waals surface area (Å²) >= 11 is 7.26. The fraction of sp³-hybridized carbons (Fsp3) is 0.263. The number of sulfonamides is 1. The summed E-state index contributed by atoms with van der Waals surface area (Å²) in [5, 5.41) is 3.06. The Hall–Kier alpha value is -2.20. The van der Waals surface area contributed by atoms with Gasteiger partial charge >= 0.3 is 0 Å². The highest BCUT2D eigenvalue weighted by atomic mass is 35.5. The van der Waals surface area contributed by atoms with Crippen molar-refractivity contribution in [2.75, 3.05) is 26.2 Å². The SMILES string of the molecule is O=C(Cc1csc(-c2ccco2)n1)N1CCN(S(=O)(=O)c2ccc(Cl)cc2)CC1. The minimum absolute atomic E-state index is 0.0650. The third-order valence-electron chi connectivity index (χ3n) is 4.66. The van der Waals surface area contributed by atoms with E-state index in [9.17, 15) is 13.2 Å². The molecular weight excluding hydrogens is 434 g/mol. The third-order valence-corrected chi connectivity index (χ3v) is 7.73. The maximum atomic E-state index is 12.7. The van der Waals surface area contributed by atoms with Crippen molar-refractivity contribution in [2.45, 2.75) is 11.3 Å². The van der Waals surface area contributed by atoms with Gasteiger partial charge in [-0.3, -0.25) is 4.79 Å². The normalized spacial score (nSPS) is 15.6. The molecular formula is C19H18ClN3O4S2. The van der Waals surface area contributed by atoms with Crippen LogP contribution in [0, 0.1) is 0 Å². The Bertz CT molecular complexity index is 1090. The van der Waals surface area contributed by atoms with Crippen molar-refractivity contribution >= 4 is 38.9 Å². The van der Waals surface area contributed by atoms with Gasteiger partial charge in [0.05, 0.1) is 23.3 Å². The van der Waals surface area contributed by atoms with Crippen LogP contribution in [0.4, 0.5) is 0 Å². The fourth-order valence-electron chi connectivity index (χ4n) is 3.10. The molecule has 0 saturated carbocycles. The molecule has 0 unspecified atom stereocenters. The van der Waals surface area contributed by atoms with E-state index in [2.05, 4.69) is 4.98 Å². The van der Waals surface area contributed by atoms with Crippen LogP contribution < -0.4 is 0 Å². The number of thiazole rings is 1. The molecule has 2 aromatic heterocycles. The molecule has 0 spiro atoms.